The summed E-state index contributed by atoms with van der Waals surface area (Å²) in [6, 6.07) is 22.9. The van der Waals surface area contributed by atoms with Crippen molar-refractivity contribution in [2.45, 2.75) is 13.1 Å². The lowest BCUT2D eigenvalue weighted by Crippen LogP contribution is -2.15. The van der Waals surface area contributed by atoms with Gasteiger partial charge in [-0.15, -0.1) is 0 Å². The Hall–Kier alpha value is -5.15. The van der Waals surface area contributed by atoms with Gasteiger partial charge in [0.1, 0.15) is 34.2 Å². The van der Waals surface area contributed by atoms with Crippen molar-refractivity contribution in [1.29, 1.82) is 0 Å². The van der Waals surface area contributed by atoms with E-state index in [1.165, 1.54) is 24.5 Å². The van der Waals surface area contributed by atoms with E-state index < -0.39 is 11.9 Å². The first-order valence-electron chi connectivity index (χ1n) is 12.3. The molecule has 198 valence electrons. The van der Waals surface area contributed by atoms with Gasteiger partial charge in [0.25, 0.3) is 0 Å². The molecule has 2 aromatic carbocycles. The first-order chi connectivity index (χ1) is 19.4. The summed E-state index contributed by atoms with van der Waals surface area (Å²) in [5.74, 6) is -1.61. The fourth-order valence-electron chi connectivity index (χ4n) is 4.68. The minimum absolute atomic E-state index is 0.0173. The van der Waals surface area contributed by atoms with Gasteiger partial charge in [0.05, 0.1) is 12.4 Å². The molecule has 0 saturated heterocycles. The van der Waals surface area contributed by atoms with Gasteiger partial charge in [-0.1, -0.05) is 54.1 Å². The molecule has 0 bridgehead atoms. The smallest absolute Gasteiger partial charge is 0.360 e. The van der Waals surface area contributed by atoms with Crippen LogP contribution in [0.1, 0.15) is 32.1 Å². The monoisotopic (exact) mass is 552 g/mol. The summed E-state index contributed by atoms with van der Waals surface area (Å²) in [5, 5.41) is 21.4. The molecule has 0 radical (unpaired) electrons. The SMILES string of the molecule is O=C(O)c1cc2cc(OC(=O)c3cc4cc(O)cnc4n3Cc3ccccc3)cnc2n1Cc1ccc(Cl)cc1. The number of carbonyl (C=O) groups excluding carboxylic acids is 1. The highest BCUT2D eigenvalue weighted by Gasteiger charge is 2.21. The van der Waals surface area contributed by atoms with E-state index >= 15 is 0 Å². The summed E-state index contributed by atoms with van der Waals surface area (Å²) in [4.78, 5) is 34.1. The number of benzene rings is 2. The number of carbonyl (C=O) groups is 2. The zero-order chi connectivity index (χ0) is 27.8. The van der Waals surface area contributed by atoms with E-state index in [0.29, 0.717) is 33.6 Å². The molecule has 0 fully saturated rings. The number of esters is 1. The number of nitrogens with zero attached hydrogens (tertiary/aromatic N) is 4. The molecule has 0 atom stereocenters. The lowest BCUT2D eigenvalue weighted by atomic mass is 10.2. The standard InChI is InChI=1S/C30H21ClN4O5/c31-22-8-6-19(7-9-22)17-34-25(29(37)38)12-21-11-24(15-33-28(21)34)40-30(39)26-13-20-10-23(36)14-32-27(20)35(26)16-18-4-2-1-3-5-18/h1-15,36H,16-17H2,(H,37,38). The Kier molecular flexibility index (Phi) is 6.41. The highest BCUT2D eigenvalue weighted by molar-refractivity contribution is 6.30. The molecule has 9 nitrogen and oxygen atoms in total. The van der Waals surface area contributed by atoms with E-state index in [1.807, 2.05) is 42.5 Å². The zero-order valence-corrected chi connectivity index (χ0v) is 21.6. The van der Waals surface area contributed by atoms with Crippen molar-refractivity contribution in [2.24, 2.45) is 0 Å². The number of aromatic hydroxyl groups is 1. The van der Waals surface area contributed by atoms with Crippen LogP contribution in [0.5, 0.6) is 11.5 Å². The molecule has 0 unspecified atom stereocenters. The van der Waals surface area contributed by atoms with Gasteiger partial charge in [0.15, 0.2) is 0 Å². The Morgan fingerprint density at radius 2 is 1.38 bits per heavy atom. The maximum atomic E-state index is 13.4. The van der Waals surface area contributed by atoms with Crippen molar-refractivity contribution in [3.63, 3.8) is 0 Å². The van der Waals surface area contributed by atoms with E-state index in [9.17, 15) is 19.8 Å². The second-order valence-corrected chi connectivity index (χ2v) is 9.66. The van der Waals surface area contributed by atoms with Gasteiger partial charge in [-0.05, 0) is 47.5 Å². The molecule has 4 heterocycles. The highest BCUT2D eigenvalue weighted by Crippen LogP contribution is 2.27. The third-order valence-electron chi connectivity index (χ3n) is 6.50. The molecule has 10 heteroatoms. The number of carboxylic acid groups (broad SMARTS) is 1. The number of pyridine rings is 2. The normalized spacial score (nSPS) is 11.2. The predicted octanol–water partition coefficient (Wildman–Crippen LogP) is 5.76. The summed E-state index contributed by atoms with van der Waals surface area (Å²) in [6.07, 6.45) is 2.71. The molecule has 4 aromatic heterocycles. The predicted molar refractivity (Wildman–Crippen MR) is 149 cm³/mol. The summed E-state index contributed by atoms with van der Waals surface area (Å²) in [7, 11) is 0. The Balaban J connectivity index is 1.34. The third-order valence-corrected chi connectivity index (χ3v) is 6.76. The van der Waals surface area contributed by atoms with Crippen LogP contribution in [0.25, 0.3) is 22.1 Å². The highest BCUT2D eigenvalue weighted by atomic mass is 35.5. The molecular weight excluding hydrogens is 532 g/mol. The first-order valence-corrected chi connectivity index (χ1v) is 12.6. The second kappa shape index (κ2) is 10.2. The number of fused-ring (bicyclic) bond motifs is 2. The Bertz CT molecular complexity index is 1900. The van der Waals surface area contributed by atoms with Crippen LogP contribution in [-0.2, 0) is 13.1 Å². The van der Waals surface area contributed by atoms with E-state index in [1.54, 1.807) is 33.4 Å². The van der Waals surface area contributed by atoms with Gasteiger partial charge in [0, 0.05) is 28.9 Å². The molecule has 6 aromatic rings. The Labute approximate surface area is 232 Å². The largest absolute Gasteiger partial charge is 0.506 e. The van der Waals surface area contributed by atoms with E-state index in [-0.39, 0.29) is 29.4 Å². The fourth-order valence-corrected chi connectivity index (χ4v) is 4.81. The van der Waals surface area contributed by atoms with Gasteiger partial charge in [-0.25, -0.2) is 19.6 Å². The van der Waals surface area contributed by atoms with Crippen LogP contribution in [0.15, 0.2) is 91.3 Å². The van der Waals surface area contributed by atoms with Crippen molar-refractivity contribution in [2.75, 3.05) is 0 Å². The Morgan fingerprint density at radius 1 is 0.775 bits per heavy atom. The molecule has 0 aliphatic rings. The summed E-state index contributed by atoms with van der Waals surface area (Å²) in [6.45, 7) is 0.632. The van der Waals surface area contributed by atoms with Crippen LogP contribution in [0, 0.1) is 0 Å². The molecule has 0 amide bonds. The number of aromatic carboxylic acids is 1. The van der Waals surface area contributed by atoms with Crippen LogP contribution in [0.3, 0.4) is 0 Å². The van der Waals surface area contributed by atoms with Crippen molar-refractivity contribution >= 4 is 45.6 Å². The molecule has 2 N–H and O–H groups in total. The molecule has 40 heavy (non-hydrogen) atoms. The zero-order valence-electron chi connectivity index (χ0n) is 20.9. The van der Waals surface area contributed by atoms with E-state index in [2.05, 4.69) is 9.97 Å². The molecule has 0 aliphatic carbocycles. The maximum absolute atomic E-state index is 13.4. The minimum atomic E-state index is -1.10. The van der Waals surface area contributed by atoms with Gasteiger partial charge < -0.3 is 24.1 Å². The number of hydrogen-bond donors (Lipinski definition) is 2. The minimum Gasteiger partial charge on any atom is -0.506 e. The summed E-state index contributed by atoms with van der Waals surface area (Å²) in [5.41, 5.74) is 3.05. The number of halogens is 1. The van der Waals surface area contributed by atoms with Crippen molar-refractivity contribution < 1.29 is 24.5 Å². The number of rotatable bonds is 7. The maximum Gasteiger partial charge on any atom is 0.360 e. The van der Waals surface area contributed by atoms with Crippen molar-refractivity contribution in [1.82, 2.24) is 19.1 Å². The van der Waals surface area contributed by atoms with Crippen LogP contribution < -0.4 is 4.74 Å². The number of ether oxygens (including phenoxy) is 1. The molecule has 0 saturated carbocycles. The Morgan fingerprint density at radius 3 is 2.08 bits per heavy atom. The average molecular weight is 553 g/mol. The molecule has 0 aliphatic heterocycles. The van der Waals surface area contributed by atoms with Gasteiger partial charge in [-0.2, -0.15) is 0 Å². The van der Waals surface area contributed by atoms with Crippen molar-refractivity contribution in [3.8, 4) is 11.5 Å². The van der Waals surface area contributed by atoms with E-state index in [4.69, 9.17) is 16.3 Å². The third kappa shape index (κ3) is 4.85. The first kappa shape index (κ1) is 25.1. The molecular formula is C30H21ClN4O5. The van der Waals surface area contributed by atoms with Crippen molar-refractivity contribution in [3.05, 3.63) is 119 Å². The fraction of sp³-hybridized carbons (Fsp3) is 0.0667. The lowest BCUT2D eigenvalue weighted by molar-refractivity contribution is 0.0683. The summed E-state index contributed by atoms with van der Waals surface area (Å²) >= 11 is 5.98. The van der Waals surface area contributed by atoms with Gasteiger partial charge in [0.2, 0.25) is 0 Å². The summed E-state index contributed by atoms with van der Waals surface area (Å²) < 4.78 is 9.02. The molecule has 0 spiro atoms. The number of carboxylic acids is 1. The molecule has 6 rings (SSSR count). The number of aromatic nitrogens is 4. The van der Waals surface area contributed by atoms with Gasteiger partial charge >= 0.3 is 11.9 Å². The van der Waals surface area contributed by atoms with Crippen LogP contribution in [0.2, 0.25) is 5.02 Å². The van der Waals surface area contributed by atoms with Gasteiger partial charge in [-0.3, -0.25) is 0 Å². The van der Waals surface area contributed by atoms with E-state index in [0.717, 1.165) is 11.1 Å². The lowest BCUT2D eigenvalue weighted by Gasteiger charge is -2.11. The average Bonchev–Trinajstić information content (AvgIpc) is 3.48. The second-order valence-electron chi connectivity index (χ2n) is 9.23. The van der Waals surface area contributed by atoms with Crippen LogP contribution in [0.4, 0.5) is 0 Å². The topological polar surface area (TPSA) is 119 Å². The quantitative estimate of drug-likeness (QED) is 0.242. The van der Waals surface area contributed by atoms with Crippen LogP contribution in [-0.4, -0.2) is 41.3 Å². The number of hydrogen-bond acceptors (Lipinski definition) is 6. The van der Waals surface area contributed by atoms with Crippen LogP contribution >= 0.6 is 11.6 Å².